The molecule has 2 rings (SSSR count). The Morgan fingerprint density at radius 2 is 1.76 bits per heavy atom. The molecule has 0 spiro atoms. The number of carbonyl (C=O) groups excluding carboxylic acids is 2. The summed E-state index contributed by atoms with van der Waals surface area (Å²) in [5, 5.41) is 2.81. The Labute approximate surface area is 148 Å². The number of carbonyl (C=O) groups is 2. The summed E-state index contributed by atoms with van der Waals surface area (Å²) in [7, 11) is 1.38. The third-order valence-corrected chi connectivity index (χ3v) is 3.76. The van der Waals surface area contributed by atoms with E-state index in [2.05, 4.69) is 28.3 Å². The fraction of sp³-hybridized carbons (Fsp3) is 0.238. The molecule has 0 bridgehead atoms. The average molecular weight is 337 g/mol. The fourth-order valence-electron chi connectivity index (χ4n) is 2.39. The summed E-state index contributed by atoms with van der Waals surface area (Å²) in [6.07, 6.45) is 5.17. The first-order chi connectivity index (χ1) is 12.2. The molecule has 4 nitrogen and oxygen atoms in total. The van der Waals surface area contributed by atoms with Crippen molar-refractivity contribution in [2.24, 2.45) is 0 Å². The number of ether oxygens (including phenoxy) is 1. The van der Waals surface area contributed by atoms with Crippen LogP contribution < -0.4 is 5.32 Å². The Morgan fingerprint density at radius 1 is 1.00 bits per heavy atom. The number of esters is 1. The predicted octanol–water partition coefficient (Wildman–Crippen LogP) is 3.83. The van der Waals surface area contributed by atoms with Gasteiger partial charge in [-0.25, -0.2) is 0 Å². The van der Waals surface area contributed by atoms with Crippen LogP contribution in [-0.2, 0) is 14.3 Å². The fourth-order valence-corrected chi connectivity index (χ4v) is 2.39. The van der Waals surface area contributed by atoms with E-state index in [0.717, 1.165) is 23.1 Å². The summed E-state index contributed by atoms with van der Waals surface area (Å²) < 4.78 is 4.57. The maximum absolute atomic E-state index is 11.8. The smallest absolute Gasteiger partial charge is 0.305 e. The third kappa shape index (κ3) is 6.63. The van der Waals surface area contributed by atoms with Crippen molar-refractivity contribution in [1.82, 2.24) is 5.32 Å². The number of benzene rings is 2. The lowest BCUT2D eigenvalue weighted by molar-refractivity contribution is -0.140. The van der Waals surface area contributed by atoms with Crippen LogP contribution in [0.25, 0.3) is 17.2 Å². The van der Waals surface area contributed by atoms with E-state index in [1.807, 2.05) is 36.4 Å². The normalized spacial score (nSPS) is 10.6. The zero-order chi connectivity index (χ0) is 17.9. The molecule has 2 aromatic rings. The van der Waals surface area contributed by atoms with Gasteiger partial charge in [-0.2, -0.15) is 0 Å². The summed E-state index contributed by atoms with van der Waals surface area (Å²) in [5.74, 6) is -0.354. The molecule has 0 heterocycles. The van der Waals surface area contributed by atoms with Crippen LogP contribution in [0.1, 0.15) is 24.8 Å². The molecule has 0 radical (unpaired) electrons. The lowest BCUT2D eigenvalue weighted by Crippen LogP contribution is -2.22. The van der Waals surface area contributed by atoms with Crippen LogP contribution in [-0.4, -0.2) is 25.5 Å². The number of hydrogen-bond acceptors (Lipinski definition) is 3. The summed E-state index contributed by atoms with van der Waals surface area (Å²) in [6, 6.07) is 18.2. The van der Waals surface area contributed by atoms with Gasteiger partial charge in [-0.05, 0) is 41.7 Å². The molecule has 130 valence electrons. The first-order valence-corrected chi connectivity index (χ1v) is 8.37. The van der Waals surface area contributed by atoms with E-state index in [0.29, 0.717) is 19.4 Å². The Kier molecular flexibility index (Phi) is 7.44. The van der Waals surface area contributed by atoms with Gasteiger partial charge in [0.2, 0.25) is 5.91 Å². The highest BCUT2D eigenvalue weighted by Gasteiger charge is 2.01. The quantitative estimate of drug-likeness (QED) is 0.452. The van der Waals surface area contributed by atoms with Crippen molar-refractivity contribution in [2.45, 2.75) is 19.3 Å². The second-order valence-corrected chi connectivity index (χ2v) is 5.65. The molecule has 2 aromatic carbocycles. The number of rotatable bonds is 8. The van der Waals surface area contributed by atoms with Gasteiger partial charge >= 0.3 is 5.97 Å². The van der Waals surface area contributed by atoms with Gasteiger partial charge in [-0.15, -0.1) is 0 Å². The van der Waals surface area contributed by atoms with Crippen LogP contribution in [0.5, 0.6) is 0 Å². The molecule has 0 atom stereocenters. The molecule has 0 aliphatic carbocycles. The van der Waals surface area contributed by atoms with Gasteiger partial charge in [0, 0.05) is 19.0 Å². The second kappa shape index (κ2) is 10.1. The molecule has 0 aliphatic rings. The first kappa shape index (κ1) is 18.5. The molecule has 0 aromatic heterocycles. The highest BCUT2D eigenvalue weighted by molar-refractivity contribution is 5.91. The SMILES string of the molecule is COC(=O)CCCCNC(=O)/C=C/c1cccc(-c2ccccc2)c1. The molecule has 0 saturated heterocycles. The maximum atomic E-state index is 11.8. The molecule has 4 heteroatoms. The van der Waals surface area contributed by atoms with Crippen LogP contribution in [0, 0.1) is 0 Å². The van der Waals surface area contributed by atoms with E-state index in [1.165, 1.54) is 13.2 Å². The van der Waals surface area contributed by atoms with Crippen LogP contribution in [0.2, 0.25) is 0 Å². The van der Waals surface area contributed by atoms with Crippen molar-refractivity contribution in [2.75, 3.05) is 13.7 Å². The summed E-state index contributed by atoms with van der Waals surface area (Å²) in [6.45, 7) is 0.546. The van der Waals surface area contributed by atoms with Gasteiger partial charge in [0.25, 0.3) is 0 Å². The molecule has 1 N–H and O–H groups in total. The van der Waals surface area contributed by atoms with Crippen molar-refractivity contribution < 1.29 is 14.3 Å². The molecular formula is C21H23NO3. The van der Waals surface area contributed by atoms with Gasteiger partial charge < -0.3 is 10.1 Å². The van der Waals surface area contributed by atoms with Gasteiger partial charge in [0.05, 0.1) is 7.11 Å². The van der Waals surface area contributed by atoms with E-state index in [9.17, 15) is 9.59 Å². The minimum absolute atomic E-state index is 0.136. The Bertz CT molecular complexity index is 723. The Hall–Kier alpha value is -2.88. The van der Waals surface area contributed by atoms with Crippen molar-refractivity contribution in [3.05, 3.63) is 66.2 Å². The van der Waals surface area contributed by atoms with Gasteiger partial charge in [0.1, 0.15) is 0 Å². The molecule has 25 heavy (non-hydrogen) atoms. The van der Waals surface area contributed by atoms with Crippen molar-refractivity contribution in [1.29, 1.82) is 0 Å². The van der Waals surface area contributed by atoms with Crippen molar-refractivity contribution in [3.63, 3.8) is 0 Å². The molecule has 1 amide bonds. The maximum Gasteiger partial charge on any atom is 0.305 e. The van der Waals surface area contributed by atoms with E-state index in [4.69, 9.17) is 0 Å². The average Bonchev–Trinajstić information content (AvgIpc) is 2.66. The van der Waals surface area contributed by atoms with E-state index < -0.39 is 0 Å². The number of nitrogens with one attached hydrogen (secondary N) is 1. The standard InChI is InChI=1S/C21H23NO3/c1-25-21(24)12-5-6-15-22-20(23)14-13-17-8-7-11-19(16-17)18-9-3-2-4-10-18/h2-4,7-11,13-14,16H,5-6,12,15H2,1H3,(H,22,23)/b14-13+. The van der Waals surface area contributed by atoms with E-state index in [1.54, 1.807) is 6.08 Å². The Balaban J connectivity index is 1.81. The topological polar surface area (TPSA) is 55.4 Å². The van der Waals surface area contributed by atoms with Crippen molar-refractivity contribution in [3.8, 4) is 11.1 Å². The monoisotopic (exact) mass is 337 g/mol. The zero-order valence-electron chi connectivity index (χ0n) is 14.4. The number of amides is 1. The second-order valence-electron chi connectivity index (χ2n) is 5.65. The minimum atomic E-state index is -0.218. The first-order valence-electron chi connectivity index (χ1n) is 8.37. The lowest BCUT2D eigenvalue weighted by atomic mass is 10.0. The largest absolute Gasteiger partial charge is 0.469 e. The zero-order valence-corrected chi connectivity index (χ0v) is 14.4. The third-order valence-electron chi connectivity index (χ3n) is 3.76. The number of hydrogen-bond donors (Lipinski definition) is 1. The van der Waals surface area contributed by atoms with Gasteiger partial charge in [-0.1, -0.05) is 48.5 Å². The molecule has 0 fully saturated rings. The number of unbranched alkanes of at least 4 members (excludes halogenated alkanes) is 1. The minimum Gasteiger partial charge on any atom is -0.469 e. The summed E-state index contributed by atoms with van der Waals surface area (Å²) >= 11 is 0. The Morgan fingerprint density at radius 3 is 2.52 bits per heavy atom. The van der Waals surface area contributed by atoms with Crippen LogP contribution >= 0.6 is 0 Å². The lowest BCUT2D eigenvalue weighted by Gasteiger charge is -2.03. The summed E-state index contributed by atoms with van der Waals surface area (Å²) in [5.41, 5.74) is 3.24. The van der Waals surface area contributed by atoms with Crippen molar-refractivity contribution >= 4 is 18.0 Å². The molecule has 0 unspecified atom stereocenters. The van der Waals surface area contributed by atoms with Gasteiger partial charge in [0.15, 0.2) is 0 Å². The van der Waals surface area contributed by atoms with E-state index >= 15 is 0 Å². The van der Waals surface area contributed by atoms with Crippen LogP contribution in [0.4, 0.5) is 0 Å². The van der Waals surface area contributed by atoms with E-state index in [-0.39, 0.29) is 11.9 Å². The summed E-state index contributed by atoms with van der Waals surface area (Å²) in [4.78, 5) is 22.8. The van der Waals surface area contributed by atoms with Gasteiger partial charge in [-0.3, -0.25) is 9.59 Å². The highest BCUT2D eigenvalue weighted by Crippen LogP contribution is 2.20. The van der Waals surface area contributed by atoms with Crippen LogP contribution in [0.3, 0.4) is 0 Å². The van der Waals surface area contributed by atoms with Crippen LogP contribution in [0.15, 0.2) is 60.7 Å². The highest BCUT2D eigenvalue weighted by atomic mass is 16.5. The number of methoxy groups -OCH3 is 1. The predicted molar refractivity (Wildman–Crippen MR) is 99.8 cm³/mol. The molecule has 0 aliphatic heterocycles. The molecule has 0 saturated carbocycles. The molecular weight excluding hydrogens is 314 g/mol.